The van der Waals surface area contributed by atoms with Crippen molar-refractivity contribution in [1.82, 2.24) is 0 Å². The van der Waals surface area contributed by atoms with Crippen LogP contribution in [0.4, 0.5) is 0 Å². The molecule has 0 aliphatic heterocycles. The van der Waals surface area contributed by atoms with Gasteiger partial charge in [-0.05, 0) is 103 Å². The van der Waals surface area contributed by atoms with E-state index >= 15 is 0 Å². The number of carboxylic acids is 1. The molecule has 0 saturated carbocycles. The molecule has 0 radical (unpaired) electrons. The van der Waals surface area contributed by atoms with E-state index in [1.165, 1.54) is 218 Å². The lowest BCUT2D eigenvalue weighted by Crippen LogP contribution is -2.40. The average Bonchev–Trinajstić information content (AvgIpc) is 3.74. The predicted octanol–water partition coefficient (Wildman–Crippen LogP) is 24.9. The number of quaternary nitrogens is 1. The highest BCUT2D eigenvalue weighted by Gasteiger charge is 2.25. The number of allylic oxidation sites excluding steroid dienone is 18. The minimum Gasteiger partial charge on any atom is -0.477 e. The number of carbonyl (C=O) groups excluding carboxylic acids is 2. The van der Waals surface area contributed by atoms with Crippen molar-refractivity contribution < 1.29 is 42.9 Å². The Labute approximate surface area is 575 Å². The highest BCUT2D eigenvalue weighted by atomic mass is 16.7. The van der Waals surface area contributed by atoms with Gasteiger partial charge in [0, 0.05) is 12.8 Å². The molecule has 0 aromatic rings. The zero-order valence-corrected chi connectivity index (χ0v) is 61.4. The molecular formula is C84H148NO8+. The molecule has 2 atom stereocenters. The first-order chi connectivity index (χ1) is 45.6. The van der Waals surface area contributed by atoms with Crippen molar-refractivity contribution in [2.75, 3.05) is 47.5 Å². The van der Waals surface area contributed by atoms with E-state index in [-0.39, 0.29) is 32.2 Å². The number of rotatable bonds is 72. The van der Waals surface area contributed by atoms with Gasteiger partial charge in [0.05, 0.1) is 34.4 Å². The van der Waals surface area contributed by atoms with Crippen molar-refractivity contribution in [3.05, 3.63) is 109 Å². The maximum atomic E-state index is 13.0. The van der Waals surface area contributed by atoms with E-state index in [9.17, 15) is 19.5 Å². The number of aliphatic carboxylic acids is 1. The Morgan fingerprint density at radius 1 is 0.333 bits per heavy atom. The number of unbranched alkanes of at least 4 members (excludes halogenated alkanes) is 39. The summed E-state index contributed by atoms with van der Waals surface area (Å²) in [5.41, 5.74) is 0. The fraction of sp³-hybridized carbons (Fsp3) is 0.750. The second kappa shape index (κ2) is 73.8. The first-order valence-corrected chi connectivity index (χ1v) is 39.1. The van der Waals surface area contributed by atoms with E-state index in [0.717, 1.165) is 96.3 Å². The Kier molecular flexibility index (Phi) is 70.5. The third-order valence-corrected chi connectivity index (χ3v) is 17.0. The van der Waals surface area contributed by atoms with Gasteiger partial charge in [-0.25, -0.2) is 4.79 Å². The molecule has 0 aromatic heterocycles. The van der Waals surface area contributed by atoms with Crippen LogP contribution in [-0.4, -0.2) is 87.4 Å². The predicted molar refractivity (Wildman–Crippen MR) is 401 cm³/mol. The normalized spacial score (nSPS) is 13.3. The van der Waals surface area contributed by atoms with Crippen molar-refractivity contribution in [3.8, 4) is 0 Å². The summed E-state index contributed by atoms with van der Waals surface area (Å²) in [4.78, 5) is 37.7. The van der Waals surface area contributed by atoms with Crippen LogP contribution in [0.2, 0.25) is 0 Å². The Balaban J connectivity index is 4.07. The van der Waals surface area contributed by atoms with Gasteiger partial charge in [0.2, 0.25) is 0 Å². The molecule has 0 heterocycles. The number of nitrogens with zero attached hydrogens (tertiary/aromatic N) is 1. The fourth-order valence-corrected chi connectivity index (χ4v) is 11.1. The lowest BCUT2D eigenvalue weighted by molar-refractivity contribution is -0.870. The van der Waals surface area contributed by atoms with Gasteiger partial charge >= 0.3 is 17.9 Å². The lowest BCUT2D eigenvalue weighted by atomic mass is 10.0. The molecule has 1 N–H and O–H groups in total. The van der Waals surface area contributed by atoms with Crippen molar-refractivity contribution in [2.24, 2.45) is 0 Å². The van der Waals surface area contributed by atoms with Crippen molar-refractivity contribution in [1.29, 1.82) is 0 Å². The maximum Gasteiger partial charge on any atom is 0.361 e. The Morgan fingerprint density at radius 3 is 0.925 bits per heavy atom. The summed E-state index contributed by atoms with van der Waals surface area (Å²) in [6.45, 7) is 4.79. The van der Waals surface area contributed by atoms with Crippen LogP contribution in [0.1, 0.15) is 348 Å². The third-order valence-electron chi connectivity index (χ3n) is 17.0. The summed E-state index contributed by atoms with van der Waals surface area (Å²) in [6, 6.07) is 0. The van der Waals surface area contributed by atoms with Crippen LogP contribution < -0.4 is 0 Å². The number of ether oxygens (including phenoxy) is 4. The molecule has 0 aliphatic rings. The average molecular weight is 1300 g/mol. The number of hydrogen-bond donors (Lipinski definition) is 1. The number of esters is 2. The maximum absolute atomic E-state index is 13.0. The molecule has 536 valence electrons. The first kappa shape index (κ1) is 89.0. The van der Waals surface area contributed by atoms with Crippen LogP contribution >= 0.6 is 0 Å². The molecule has 9 nitrogen and oxygen atoms in total. The largest absolute Gasteiger partial charge is 0.477 e. The van der Waals surface area contributed by atoms with Gasteiger partial charge < -0.3 is 28.5 Å². The van der Waals surface area contributed by atoms with Crippen LogP contribution in [0.25, 0.3) is 0 Å². The third kappa shape index (κ3) is 75.2. The topological polar surface area (TPSA) is 108 Å². The van der Waals surface area contributed by atoms with Gasteiger partial charge in [-0.3, -0.25) is 9.59 Å². The molecule has 0 aromatic carbocycles. The highest BCUT2D eigenvalue weighted by Crippen LogP contribution is 2.18. The van der Waals surface area contributed by atoms with Crippen LogP contribution in [0.3, 0.4) is 0 Å². The van der Waals surface area contributed by atoms with Crippen molar-refractivity contribution in [2.45, 2.75) is 360 Å². The molecule has 0 fully saturated rings. The summed E-state index contributed by atoms with van der Waals surface area (Å²) in [5.74, 6) is -2.01. The summed E-state index contributed by atoms with van der Waals surface area (Å²) in [6.07, 6.45) is 101. The number of carbonyl (C=O) groups is 3. The number of likely N-dealkylation sites (N-methyl/N-ethyl adjacent to an activating group) is 1. The minimum atomic E-state index is -1.52. The molecule has 0 spiro atoms. The minimum absolute atomic E-state index is 0.182. The second-order valence-corrected chi connectivity index (χ2v) is 27.3. The Hall–Kier alpha value is -4.05. The Bertz CT molecular complexity index is 1900. The summed E-state index contributed by atoms with van der Waals surface area (Å²) < 4.78 is 23.0. The molecule has 0 rings (SSSR count). The van der Waals surface area contributed by atoms with E-state index < -0.39 is 24.3 Å². The SMILES string of the molecule is CC/C=C\C/C=C\C/C=C\C/C=C\C/C=C\C/C=C\C/C=C\C/C=C\CCCCCCCCCCC(=O)OC(COC(=O)CCCCCCCCCCCCCCCCCCCCCCCCC/C=C\CCCCCCCCCC)COC(OCC[N+](C)(C)C)C(=O)O. The van der Waals surface area contributed by atoms with Gasteiger partial charge in [0.25, 0.3) is 6.29 Å². The van der Waals surface area contributed by atoms with Crippen molar-refractivity contribution in [3.63, 3.8) is 0 Å². The van der Waals surface area contributed by atoms with Gasteiger partial charge in [-0.2, -0.15) is 0 Å². The summed E-state index contributed by atoms with van der Waals surface area (Å²) >= 11 is 0. The van der Waals surface area contributed by atoms with Crippen LogP contribution in [0.5, 0.6) is 0 Å². The fourth-order valence-electron chi connectivity index (χ4n) is 11.1. The lowest BCUT2D eigenvalue weighted by Gasteiger charge is -2.25. The number of carboxylic acid groups (broad SMARTS) is 1. The van der Waals surface area contributed by atoms with Crippen LogP contribution in [0.15, 0.2) is 109 Å². The van der Waals surface area contributed by atoms with E-state index in [0.29, 0.717) is 23.9 Å². The smallest absolute Gasteiger partial charge is 0.361 e. The molecule has 93 heavy (non-hydrogen) atoms. The van der Waals surface area contributed by atoms with Crippen LogP contribution in [0, 0.1) is 0 Å². The monoisotopic (exact) mass is 1300 g/mol. The van der Waals surface area contributed by atoms with E-state index in [1.54, 1.807) is 0 Å². The van der Waals surface area contributed by atoms with E-state index in [2.05, 4.69) is 123 Å². The summed E-state index contributed by atoms with van der Waals surface area (Å²) in [7, 11) is 5.98. The highest BCUT2D eigenvalue weighted by molar-refractivity contribution is 5.71. The zero-order chi connectivity index (χ0) is 67.5. The van der Waals surface area contributed by atoms with Crippen LogP contribution in [-0.2, 0) is 33.3 Å². The molecule has 0 aliphatic carbocycles. The Morgan fingerprint density at radius 2 is 0.613 bits per heavy atom. The molecular weight excluding hydrogens is 1150 g/mol. The van der Waals surface area contributed by atoms with E-state index in [4.69, 9.17) is 18.9 Å². The molecule has 2 unspecified atom stereocenters. The van der Waals surface area contributed by atoms with Gasteiger partial charge in [0.1, 0.15) is 13.2 Å². The van der Waals surface area contributed by atoms with Crippen molar-refractivity contribution >= 4 is 17.9 Å². The molecule has 9 heteroatoms. The number of hydrogen-bond acceptors (Lipinski definition) is 7. The zero-order valence-electron chi connectivity index (χ0n) is 61.4. The molecule has 0 bridgehead atoms. The van der Waals surface area contributed by atoms with Gasteiger partial charge in [-0.1, -0.05) is 342 Å². The summed E-state index contributed by atoms with van der Waals surface area (Å²) in [5, 5.41) is 9.77. The van der Waals surface area contributed by atoms with Gasteiger partial charge in [-0.15, -0.1) is 0 Å². The molecule has 0 saturated heterocycles. The quantitative estimate of drug-likeness (QED) is 0.0211. The van der Waals surface area contributed by atoms with Gasteiger partial charge in [0.15, 0.2) is 6.10 Å². The first-order valence-electron chi connectivity index (χ1n) is 39.1. The second-order valence-electron chi connectivity index (χ2n) is 27.3. The molecule has 0 amide bonds. The standard InChI is InChI=1S/C84H147NO8/c1-6-8-10-12-14-16-18-20-22-24-26-28-30-32-34-36-38-40-41-43-44-46-48-50-52-54-56-58-60-62-64-66-68-70-72-74-81(86)91-78-80(79-92-84(83(88)89)90-77-76-85(3,4)5)93-82(87)75-73-71-69-67-65-63-61-59-57-55-53-51-49-47-45-42-39-37-35-33-31-29-27-25-23-21-19-17-15-13-11-9-7-2/h9,11,15,17,21,23-24,26-27,29,33,35,39,42,47,49,53,55,80,84H,6-8,10,12-14,16,18-20,22,25,28,30-32,34,36-38,40-41,43-46,48,50-52,54,56-79H2,1-5H3/p+1/b11-9-,17-15-,23-21-,26-24-,29-27-,35-33-,42-39-,49-47-,55-53-. The van der Waals surface area contributed by atoms with E-state index in [1.807, 2.05) is 21.1 Å².